The smallest absolute Gasteiger partial charge is 0.359 e. The Bertz CT molecular complexity index is 617. The van der Waals surface area contributed by atoms with E-state index in [1.165, 1.54) is 0 Å². The van der Waals surface area contributed by atoms with Gasteiger partial charge in [0.1, 0.15) is 11.2 Å². The number of nitrogens with two attached hydrogens (primary N) is 1. The minimum Gasteiger partial charge on any atom is -0.461 e. The minimum atomic E-state index is -0.924. The number of hydrogen-bond acceptors (Lipinski definition) is 8. The number of nitrogens with zero attached hydrogens (tertiary/aromatic N) is 2. The number of halogens is 1. The average Bonchev–Trinajstić information content (AvgIpc) is 2.99. The first kappa shape index (κ1) is 17.4. The zero-order valence-electron chi connectivity index (χ0n) is 13.0. The molecule has 8 nitrogen and oxygen atoms in total. The summed E-state index contributed by atoms with van der Waals surface area (Å²) in [6.07, 6.45) is 0.815. The number of anilines is 2. The highest BCUT2D eigenvalue weighted by molar-refractivity contribution is 6.28. The lowest BCUT2D eigenvalue weighted by Gasteiger charge is -2.28. The van der Waals surface area contributed by atoms with Crippen LogP contribution in [0.4, 0.5) is 11.5 Å². The molecule has 1 aliphatic rings. The molecule has 0 bridgehead atoms. The number of nitrogens with one attached hydrogen (secondary N) is 1. The number of aromatic nitrogens is 2. The van der Waals surface area contributed by atoms with E-state index in [1.54, 1.807) is 13.8 Å². The van der Waals surface area contributed by atoms with Gasteiger partial charge in [0.05, 0.1) is 13.2 Å². The first-order valence-corrected chi connectivity index (χ1v) is 7.70. The molecular formula is C14H19ClN4O4. The van der Waals surface area contributed by atoms with E-state index in [9.17, 15) is 9.59 Å². The van der Waals surface area contributed by atoms with Gasteiger partial charge in [-0.3, -0.25) is 4.79 Å². The summed E-state index contributed by atoms with van der Waals surface area (Å²) in [5.74, 6) is -0.599. The molecule has 23 heavy (non-hydrogen) atoms. The van der Waals surface area contributed by atoms with Crippen LogP contribution in [0.2, 0.25) is 5.28 Å². The lowest BCUT2D eigenvalue weighted by Crippen LogP contribution is -2.47. The molecule has 0 spiro atoms. The zero-order valence-corrected chi connectivity index (χ0v) is 13.8. The van der Waals surface area contributed by atoms with Crippen molar-refractivity contribution >= 4 is 34.9 Å². The second kappa shape index (κ2) is 7.10. The van der Waals surface area contributed by atoms with E-state index in [4.69, 9.17) is 26.8 Å². The fourth-order valence-corrected chi connectivity index (χ4v) is 2.58. The lowest BCUT2D eigenvalue weighted by molar-refractivity contribution is -0.123. The highest BCUT2D eigenvalue weighted by Gasteiger charge is 2.42. The van der Waals surface area contributed by atoms with Crippen LogP contribution in [0.25, 0.3) is 0 Å². The van der Waals surface area contributed by atoms with Gasteiger partial charge in [-0.2, -0.15) is 4.98 Å². The van der Waals surface area contributed by atoms with Gasteiger partial charge in [0.25, 0.3) is 0 Å². The molecule has 0 radical (unpaired) electrons. The number of hydrogen-bond donors (Lipinski definition) is 2. The molecule has 0 aliphatic carbocycles. The summed E-state index contributed by atoms with van der Waals surface area (Å²) < 4.78 is 10.2. The van der Waals surface area contributed by atoms with E-state index in [0.29, 0.717) is 19.4 Å². The van der Waals surface area contributed by atoms with Gasteiger partial charge in [0.15, 0.2) is 17.3 Å². The van der Waals surface area contributed by atoms with Crippen LogP contribution < -0.4 is 11.1 Å². The molecule has 9 heteroatoms. The summed E-state index contributed by atoms with van der Waals surface area (Å²) >= 11 is 5.87. The monoisotopic (exact) mass is 342 g/mol. The van der Waals surface area contributed by atoms with Gasteiger partial charge >= 0.3 is 5.97 Å². The van der Waals surface area contributed by atoms with E-state index >= 15 is 0 Å². The molecule has 1 aliphatic heterocycles. The average molecular weight is 343 g/mol. The molecule has 0 amide bonds. The number of Topliss-reactive ketones (excluding diaryl/α,β-unsaturated/α-hetero) is 1. The van der Waals surface area contributed by atoms with E-state index in [2.05, 4.69) is 15.3 Å². The Labute approximate surface area is 138 Å². The summed E-state index contributed by atoms with van der Waals surface area (Å²) in [6, 6.07) is 0. The van der Waals surface area contributed by atoms with Gasteiger partial charge < -0.3 is 20.5 Å². The third-order valence-electron chi connectivity index (χ3n) is 3.62. The van der Waals surface area contributed by atoms with Crippen LogP contribution >= 0.6 is 11.6 Å². The Morgan fingerprint density at radius 2 is 2.17 bits per heavy atom. The number of carbonyl (C=O) groups excluding carboxylic acids is 2. The van der Waals surface area contributed by atoms with Crippen LogP contribution in [-0.2, 0) is 14.3 Å². The maximum absolute atomic E-state index is 12.3. The van der Waals surface area contributed by atoms with Crippen LogP contribution in [0.3, 0.4) is 0 Å². The molecule has 2 heterocycles. The van der Waals surface area contributed by atoms with Crippen LogP contribution in [0.15, 0.2) is 0 Å². The maximum atomic E-state index is 12.3. The Hall–Kier alpha value is -1.93. The third kappa shape index (κ3) is 3.53. The van der Waals surface area contributed by atoms with Crippen LogP contribution in [0.1, 0.15) is 37.2 Å². The molecule has 1 aromatic heterocycles. The normalized spacial score (nSPS) is 20.3. The highest BCUT2D eigenvalue weighted by atomic mass is 35.5. The number of nitrogen functional groups attached to an aromatic ring is 1. The molecule has 126 valence electrons. The second-order valence-electron chi connectivity index (χ2n) is 5.11. The van der Waals surface area contributed by atoms with Crippen molar-refractivity contribution in [1.82, 2.24) is 9.97 Å². The van der Waals surface area contributed by atoms with Gasteiger partial charge in [-0.15, -0.1) is 0 Å². The number of ether oxygens (including phenoxy) is 2. The van der Waals surface area contributed by atoms with Gasteiger partial charge in [-0.1, -0.05) is 6.92 Å². The highest BCUT2D eigenvalue weighted by Crippen LogP contribution is 2.30. The predicted molar refractivity (Wildman–Crippen MR) is 84.5 cm³/mol. The molecule has 2 rings (SSSR count). The van der Waals surface area contributed by atoms with Gasteiger partial charge in [0.2, 0.25) is 5.28 Å². The molecule has 1 unspecified atom stereocenters. The Balaban J connectivity index is 2.39. The number of rotatable bonds is 6. The van der Waals surface area contributed by atoms with Crippen molar-refractivity contribution in [2.45, 2.75) is 32.2 Å². The van der Waals surface area contributed by atoms with Crippen LogP contribution in [0, 0.1) is 0 Å². The predicted octanol–water partition coefficient (Wildman–Crippen LogP) is 1.44. The number of carbonyl (C=O) groups is 2. The fourth-order valence-electron chi connectivity index (χ4n) is 2.41. The fraction of sp³-hybridized carbons (Fsp3) is 0.571. The lowest BCUT2D eigenvalue weighted by atomic mass is 9.91. The molecule has 3 N–H and O–H groups in total. The van der Waals surface area contributed by atoms with Crippen LogP contribution in [-0.4, -0.2) is 47.1 Å². The Morgan fingerprint density at radius 1 is 1.43 bits per heavy atom. The van der Waals surface area contributed by atoms with Crippen molar-refractivity contribution in [2.75, 3.05) is 30.9 Å². The molecule has 1 atom stereocenters. The van der Waals surface area contributed by atoms with Gasteiger partial charge in [-0.05, 0) is 18.5 Å². The molecule has 0 aromatic carbocycles. The molecule has 1 aromatic rings. The molecule has 1 fully saturated rings. The quantitative estimate of drug-likeness (QED) is 0.589. The van der Waals surface area contributed by atoms with Crippen molar-refractivity contribution in [3.8, 4) is 0 Å². The van der Waals surface area contributed by atoms with Crippen molar-refractivity contribution < 1.29 is 19.1 Å². The minimum absolute atomic E-state index is 0.0111. The molecule has 1 saturated heterocycles. The first-order chi connectivity index (χ1) is 10.9. The summed E-state index contributed by atoms with van der Waals surface area (Å²) in [6.45, 7) is 4.26. The molecule has 0 saturated carbocycles. The first-order valence-electron chi connectivity index (χ1n) is 7.33. The van der Waals surface area contributed by atoms with E-state index < -0.39 is 11.5 Å². The van der Waals surface area contributed by atoms with Gasteiger partial charge in [0, 0.05) is 19.4 Å². The zero-order chi connectivity index (χ0) is 17.0. The second-order valence-corrected chi connectivity index (χ2v) is 5.45. The van der Waals surface area contributed by atoms with E-state index in [-0.39, 0.29) is 41.5 Å². The van der Waals surface area contributed by atoms with Crippen LogP contribution in [0.5, 0.6) is 0 Å². The maximum Gasteiger partial charge on any atom is 0.359 e. The number of esters is 1. The third-order valence-corrected chi connectivity index (χ3v) is 3.79. The summed E-state index contributed by atoms with van der Waals surface area (Å²) in [5.41, 5.74) is 4.90. The van der Waals surface area contributed by atoms with E-state index in [0.717, 1.165) is 0 Å². The molecular weight excluding hydrogens is 324 g/mol. The Morgan fingerprint density at radius 3 is 2.74 bits per heavy atom. The SMILES string of the molecule is CCOC(=O)c1nc(Cl)nc(NC2(C(=O)CC)CCOC2)c1N. The topological polar surface area (TPSA) is 116 Å². The van der Waals surface area contributed by atoms with E-state index in [1.807, 2.05) is 0 Å². The summed E-state index contributed by atoms with van der Waals surface area (Å²) in [5, 5.41) is 2.84. The largest absolute Gasteiger partial charge is 0.461 e. The van der Waals surface area contributed by atoms with Gasteiger partial charge in [-0.25, -0.2) is 9.78 Å². The van der Waals surface area contributed by atoms with Crippen molar-refractivity contribution in [3.05, 3.63) is 11.0 Å². The van der Waals surface area contributed by atoms with Crippen molar-refractivity contribution in [2.24, 2.45) is 0 Å². The van der Waals surface area contributed by atoms with Crippen molar-refractivity contribution in [1.29, 1.82) is 0 Å². The summed E-state index contributed by atoms with van der Waals surface area (Å²) in [4.78, 5) is 32.0. The van der Waals surface area contributed by atoms with Crippen molar-refractivity contribution in [3.63, 3.8) is 0 Å². The Kier molecular flexibility index (Phi) is 5.38. The summed E-state index contributed by atoms with van der Waals surface area (Å²) in [7, 11) is 0. The standard InChI is InChI=1S/C14H19ClN4O4/c1-3-8(20)14(5-6-22-7-14)19-11-9(16)10(12(21)23-4-2)17-13(15)18-11/h3-7,16H2,1-2H3,(H,17,18,19). The number of ketones is 1.